The lowest BCUT2D eigenvalue weighted by Crippen LogP contribution is -2.42. The van der Waals surface area contributed by atoms with Crippen molar-refractivity contribution in [3.8, 4) is 0 Å². The van der Waals surface area contributed by atoms with Gasteiger partial charge in [0.1, 0.15) is 0 Å². The molecule has 0 N–H and O–H groups in total. The summed E-state index contributed by atoms with van der Waals surface area (Å²) in [6.45, 7) is 11.2. The van der Waals surface area contributed by atoms with Gasteiger partial charge < -0.3 is 0 Å². The van der Waals surface area contributed by atoms with E-state index in [1.807, 2.05) is 38.1 Å². The molecular formula is C52H36N4O8. The van der Waals surface area contributed by atoms with Gasteiger partial charge in [0.2, 0.25) is 0 Å². The first-order chi connectivity index (χ1) is 30.3. The van der Waals surface area contributed by atoms with Crippen molar-refractivity contribution >= 4 is 121 Å². The molecule has 0 saturated carbocycles. The molecular weight excluding hydrogens is 809 g/mol. The molecule has 0 radical (unpaired) electrons. The molecule has 2 aliphatic heterocycles. The number of carbonyl (C=O) groups excluding carboxylic acids is 4. The van der Waals surface area contributed by atoms with Crippen LogP contribution >= 0.6 is 0 Å². The number of amides is 4. The summed E-state index contributed by atoms with van der Waals surface area (Å²) in [6, 6.07) is 11.8. The van der Waals surface area contributed by atoms with E-state index in [1.165, 1.54) is 37.3 Å². The average molecular weight is 845 g/mol. The van der Waals surface area contributed by atoms with Crippen LogP contribution in [0.1, 0.15) is 74.8 Å². The van der Waals surface area contributed by atoms with Crippen molar-refractivity contribution in [2.75, 3.05) is 14.1 Å². The molecule has 4 heterocycles. The van der Waals surface area contributed by atoms with E-state index in [4.69, 9.17) is 0 Å². The Labute approximate surface area is 360 Å². The van der Waals surface area contributed by atoms with E-state index in [-0.39, 0.29) is 22.2 Å². The molecule has 11 aromatic rings. The van der Waals surface area contributed by atoms with E-state index in [9.17, 15) is 38.4 Å². The highest BCUT2D eigenvalue weighted by molar-refractivity contribution is 6.50. The van der Waals surface area contributed by atoms with Gasteiger partial charge >= 0.3 is 0 Å². The number of aryl methyl sites for hydroxylation is 2. The zero-order chi connectivity index (χ0) is 45.3. The predicted molar refractivity (Wildman–Crippen MR) is 251 cm³/mol. The van der Waals surface area contributed by atoms with Gasteiger partial charge in [0.15, 0.2) is 0 Å². The van der Waals surface area contributed by atoms with Gasteiger partial charge in [-0.25, -0.2) is 0 Å². The highest BCUT2D eigenvalue weighted by Crippen LogP contribution is 2.52. The Morgan fingerprint density at radius 1 is 0.297 bits per heavy atom. The molecule has 13 rings (SSSR count). The lowest BCUT2D eigenvalue weighted by Gasteiger charge is -2.34. The second-order valence-corrected chi connectivity index (χ2v) is 18.1. The van der Waals surface area contributed by atoms with E-state index in [2.05, 4.69) is 12.1 Å². The summed E-state index contributed by atoms with van der Waals surface area (Å²) in [5.41, 5.74) is 5.07. The number of hydrogen-bond donors (Lipinski definition) is 0. The molecule has 2 aliphatic rings. The van der Waals surface area contributed by atoms with Crippen molar-refractivity contribution in [3.05, 3.63) is 133 Å². The second kappa shape index (κ2) is 11.6. The van der Waals surface area contributed by atoms with Crippen molar-refractivity contribution in [1.29, 1.82) is 0 Å². The Kier molecular flexibility index (Phi) is 6.85. The van der Waals surface area contributed by atoms with E-state index >= 15 is 0 Å². The third kappa shape index (κ3) is 3.97. The fraction of sp³-hybridized carbons (Fsp3) is 0.192. The lowest BCUT2D eigenvalue weighted by atomic mass is 9.78. The molecule has 0 spiro atoms. The Balaban J connectivity index is 0.000000146. The third-order valence-corrected chi connectivity index (χ3v) is 15.1. The average Bonchev–Trinajstić information content (AvgIpc) is 3.27. The lowest BCUT2D eigenvalue weighted by molar-refractivity contribution is 0.0627. The summed E-state index contributed by atoms with van der Waals surface area (Å²) in [7, 11) is 5.99. The third-order valence-electron chi connectivity index (χ3n) is 15.1. The molecule has 0 bridgehead atoms. The number of benzene rings is 9. The zero-order valence-electron chi connectivity index (χ0n) is 36.5. The molecule has 64 heavy (non-hydrogen) atoms. The topological polar surface area (TPSA) is 153 Å². The number of imide groups is 2. The summed E-state index contributed by atoms with van der Waals surface area (Å²) in [5.74, 6) is -1.60. The van der Waals surface area contributed by atoms with Crippen molar-refractivity contribution < 1.29 is 19.2 Å². The molecule has 312 valence electrons. The minimum absolute atomic E-state index is 0.304. The minimum Gasteiger partial charge on any atom is -0.277 e. The highest BCUT2D eigenvalue weighted by atomic mass is 16.2. The number of carbonyl (C=O) groups is 4. The van der Waals surface area contributed by atoms with Gasteiger partial charge in [0.25, 0.3) is 45.9 Å². The van der Waals surface area contributed by atoms with Gasteiger partial charge in [0, 0.05) is 82.1 Å². The highest BCUT2D eigenvalue weighted by Gasteiger charge is 2.42. The van der Waals surface area contributed by atoms with Crippen LogP contribution in [-0.2, 0) is 14.1 Å². The van der Waals surface area contributed by atoms with Crippen molar-refractivity contribution in [3.63, 3.8) is 0 Å². The van der Waals surface area contributed by atoms with E-state index in [1.54, 1.807) is 27.7 Å². The molecule has 2 aromatic heterocycles. The normalized spacial score (nSPS) is 14.4. The molecule has 0 atom stereocenters. The first-order valence-corrected chi connectivity index (χ1v) is 20.9. The van der Waals surface area contributed by atoms with Crippen LogP contribution < -0.4 is 22.2 Å². The van der Waals surface area contributed by atoms with Gasteiger partial charge in [-0.15, -0.1) is 0 Å². The monoisotopic (exact) mass is 844 g/mol. The minimum atomic E-state index is -0.400. The maximum Gasteiger partial charge on any atom is 0.261 e. The van der Waals surface area contributed by atoms with Crippen LogP contribution in [0.4, 0.5) is 0 Å². The first-order valence-electron chi connectivity index (χ1n) is 20.9. The maximum atomic E-state index is 13.4. The van der Waals surface area contributed by atoms with E-state index < -0.39 is 23.6 Å². The molecule has 0 unspecified atom stereocenters. The number of hydrogen-bond acceptors (Lipinski definition) is 8. The quantitative estimate of drug-likeness (QED) is 0.0873. The van der Waals surface area contributed by atoms with Crippen LogP contribution in [0.3, 0.4) is 0 Å². The van der Waals surface area contributed by atoms with Crippen molar-refractivity contribution in [2.45, 2.75) is 41.5 Å². The fourth-order valence-corrected chi connectivity index (χ4v) is 11.6. The number of rotatable bonds is 0. The van der Waals surface area contributed by atoms with Crippen LogP contribution in [0, 0.1) is 41.5 Å². The first kappa shape index (κ1) is 37.9. The summed E-state index contributed by atoms with van der Waals surface area (Å²) in [4.78, 5) is 107. The SMILES string of the molecule is Cc1c(C)c2c3c(c(C)c(C)c4c3c1C(=O)N(C)C4=O)C(=O)N(C)C2=O.Cc1cc2cc3c(=O)n(C)c(=O)c4cc5c(C)cc6cc7c(=O)n(C)c(=O)c8cc1c1c2c(c34)c5c6c1c78. The van der Waals surface area contributed by atoms with E-state index in [0.29, 0.717) is 87.6 Å². The van der Waals surface area contributed by atoms with Crippen LogP contribution in [-0.4, -0.2) is 56.7 Å². The Hall–Kier alpha value is -7.86. The van der Waals surface area contributed by atoms with Gasteiger partial charge in [0.05, 0.1) is 22.3 Å². The summed E-state index contributed by atoms with van der Waals surface area (Å²) in [6.07, 6.45) is 0. The number of aromatic nitrogens is 2. The molecule has 0 aliphatic carbocycles. The zero-order valence-corrected chi connectivity index (χ0v) is 36.5. The van der Waals surface area contributed by atoms with Crippen LogP contribution in [0.15, 0.2) is 55.6 Å². The standard InChI is InChI=1S/C32H18N2O4.C20H18N2O4/c1-11-5-13-7-17-24-20(32(38)34(4)29(17)35)10-16-12(2)6-14-8-18-23-19(31(37)33(3)30(18)36)9-15(11)25-21(13)28(24)26(16)22(14)27(23)25;1-7-8(2)12-16-14(20(26)22(6)18(12)24)10(4)9(3)13-15(16)11(7)17(23)21(5)19(13)25/h5-10H,1-4H3;1-6H3. The molecule has 12 nitrogen and oxygen atoms in total. The Bertz CT molecular complexity index is 4060. The Morgan fingerprint density at radius 2 is 0.578 bits per heavy atom. The summed E-state index contributed by atoms with van der Waals surface area (Å²) in [5, 5.41) is 13.9. The van der Waals surface area contributed by atoms with Crippen molar-refractivity contribution in [1.82, 2.24) is 18.9 Å². The Morgan fingerprint density at radius 3 is 0.875 bits per heavy atom. The van der Waals surface area contributed by atoms with Crippen LogP contribution in [0.5, 0.6) is 0 Å². The largest absolute Gasteiger partial charge is 0.277 e. The smallest absolute Gasteiger partial charge is 0.261 e. The molecule has 9 aromatic carbocycles. The molecule has 12 heteroatoms. The predicted octanol–water partition coefficient (Wildman–Crippen LogP) is 7.36. The molecule has 0 fully saturated rings. The van der Waals surface area contributed by atoms with Gasteiger partial charge in [-0.05, 0) is 142 Å². The summed E-state index contributed by atoms with van der Waals surface area (Å²) >= 11 is 0. The number of nitrogens with zero attached hydrogens (tertiary/aromatic N) is 4. The second-order valence-electron chi connectivity index (χ2n) is 18.1. The van der Waals surface area contributed by atoms with Crippen LogP contribution in [0.25, 0.3) is 97.0 Å². The van der Waals surface area contributed by atoms with Gasteiger partial charge in [-0.3, -0.25) is 57.3 Å². The van der Waals surface area contributed by atoms with Gasteiger partial charge in [-0.2, -0.15) is 0 Å². The van der Waals surface area contributed by atoms with E-state index in [0.717, 1.165) is 74.8 Å². The maximum absolute atomic E-state index is 13.4. The van der Waals surface area contributed by atoms with Gasteiger partial charge in [-0.1, -0.05) is 12.1 Å². The number of pyridine rings is 2. The fourth-order valence-electron chi connectivity index (χ4n) is 11.6. The van der Waals surface area contributed by atoms with Crippen molar-refractivity contribution in [2.24, 2.45) is 14.1 Å². The molecule has 4 amide bonds. The molecule has 0 saturated heterocycles. The van der Waals surface area contributed by atoms with Crippen LogP contribution in [0.2, 0.25) is 0 Å². The summed E-state index contributed by atoms with van der Waals surface area (Å²) < 4.78 is 2.40.